The first-order valence-electron chi connectivity index (χ1n) is 8.44. The van der Waals surface area contributed by atoms with Crippen molar-refractivity contribution in [3.63, 3.8) is 0 Å². The van der Waals surface area contributed by atoms with Gasteiger partial charge in [0.15, 0.2) is 0 Å². The Balaban J connectivity index is 1.51. The van der Waals surface area contributed by atoms with E-state index in [1.807, 2.05) is 40.8 Å². The molecule has 0 aliphatic carbocycles. The number of ether oxygens (including phenoxy) is 1. The van der Waals surface area contributed by atoms with Crippen LogP contribution in [0.15, 0.2) is 43.0 Å². The highest BCUT2D eigenvalue weighted by Crippen LogP contribution is 2.17. The predicted molar refractivity (Wildman–Crippen MR) is 92.0 cm³/mol. The number of carbonyl (C=O) groups excluding carboxylic acids is 1. The number of urea groups is 1. The van der Waals surface area contributed by atoms with Gasteiger partial charge >= 0.3 is 6.03 Å². The monoisotopic (exact) mass is 328 g/mol. The van der Waals surface area contributed by atoms with Crippen LogP contribution in [-0.4, -0.2) is 46.8 Å². The summed E-state index contributed by atoms with van der Waals surface area (Å²) >= 11 is 0. The fourth-order valence-corrected chi connectivity index (χ4v) is 2.97. The fraction of sp³-hybridized carbons (Fsp3) is 0.444. The third kappa shape index (κ3) is 4.14. The third-order valence-electron chi connectivity index (χ3n) is 4.29. The van der Waals surface area contributed by atoms with Crippen LogP contribution < -0.4 is 5.32 Å². The minimum atomic E-state index is 0.00188. The van der Waals surface area contributed by atoms with E-state index < -0.39 is 0 Å². The number of benzene rings is 1. The molecule has 1 saturated heterocycles. The summed E-state index contributed by atoms with van der Waals surface area (Å²) in [6, 6.07) is 8.09. The van der Waals surface area contributed by atoms with Gasteiger partial charge in [0.25, 0.3) is 0 Å². The van der Waals surface area contributed by atoms with Crippen molar-refractivity contribution in [1.82, 2.24) is 19.8 Å². The van der Waals surface area contributed by atoms with Crippen molar-refractivity contribution >= 4 is 6.03 Å². The van der Waals surface area contributed by atoms with Crippen molar-refractivity contribution in [2.45, 2.75) is 19.9 Å². The second kappa shape index (κ2) is 7.97. The highest BCUT2D eigenvalue weighted by molar-refractivity contribution is 5.74. The van der Waals surface area contributed by atoms with Gasteiger partial charge in [-0.3, -0.25) is 0 Å². The number of nitrogens with zero attached hydrogens (tertiary/aromatic N) is 3. The Morgan fingerprint density at radius 3 is 3.17 bits per heavy atom. The Kier molecular flexibility index (Phi) is 5.48. The number of rotatable bonds is 6. The minimum absolute atomic E-state index is 0.00188. The van der Waals surface area contributed by atoms with Gasteiger partial charge < -0.3 is 19.5 Å². The van der Waals surface area contributed by atoms with E-state index in [2.05, 4.69) is 16.4 Å². The van der Waals surface area contributed by atoms with E-state index in [-0.39, 0.29) is 6.03 Å². The number of likely N-dealkylation sites (tertiary alicyclic amines) is 1. The van der Waals surface area contributed by atoms with Gasteiger partial charge in [0.05, 0.1) is 12.9 Å². The van der Waals surface area contributed by atoms with Crippen LogP contribution in [-0.2, 0) is 11.3 Å². The molecule has 3 rings (SSSR count). The van der Waals surface area contributed by atoms with E-state index in [1.54, 1.807) is 12.5 Å². The lowest BCUT2D eigenvalue weighted by Gasteiger charge is -2.17. The number of imidazole rings is 1. The van der Waals surface area contributed by atoms with Gasteiger partial charge in [0.1, 0.15) is 0 Å². The molecule has 0 radical (unpaired) electrons. The van der Waals surface area contributed by atoms with Crippen molar-refractivity contribution in [3.05, 3.63) is 48.5 Å². The maximum Gasteiger partial charge on any atom is 0.317 e. The zero-order valence-corrected chi connectivity index (χ0v) is 14.0. The molecular weight excluding hydrogens is 304 g/mol. The van der Waals surface area contributed by atoms with Crippen LogP contribution in [0.5, 0.6) is 0 Å². The molecule has 6 nitrogen and oxygen atoms in total. The quantitative estimate of drug-likeness (QED) is 0.886. The van der Waals surface area contributed by atoms with Crippen molar-refractivity contribution in [2.75, 3.05) is 26.3 Å². The van der Waals surface area contributed by atoms with Crippen LogP contribution in [0.2, 0.25) is 0 Å². The van der Waals surface area contributed by atoms with Crippen molar-refractivity contribution in [3.8, 4) is 5.69 Å². The SMILES string of the molecule is CCOC[C@H]1CCN(C(=O)NCc2cccc(-n3ccnc3)c2)C1. The Labute approximate surface area is 142 Å². The predicted octanol–water partition coefficient (Wildman–Crippen LogP) is 2.44. The molecular formula is C18H24N4O2. The first-order chi connectivity index (χ1) is 11.8. The van der Waals surface area contributed by atoms with Crippen LogP contribution in [0.3, 0.4) is 0 Å². The lowest BCUT2D eigenvalue weighted by molar-refractivity contribution is 0.113. The van der Waals surface area contributed by atoms with Crippen molar-refractivity contribution < 1.29 is 9.53 Å². The lowest BCUT2D eigenvalue weighted by Crippen LogP contribution is -2.38. The Morgan fingerprint density at radius 1 is 1.46 bits per heavy atom. The smallest absolute Gasteiger partial charge is 0.317 e. The standard InChI is InChI=1S/C18H24N4O2/c1-2-24-13-16-6-8-21(12-16)18(23)20-11-15-4-3-5-17(10-15)22-9-7-19-14-22/h3-5,7,9-10,14,16H,2,6,8,11-13H2,1H3,(H,20,23)/t16-/m0/s1. The molecule has 2 aromatic rings. The van der Waals surface area contributed by atoms with Crippen LogP contribution >= 0.6 is 0 Å². The average Bonchev–Trinajstić information content (AvgIpc) is 3.30. The summed E-state index contributed by atoms with van der Waals surface area (Å²) in [6.45, 7) is 5.58. The summed E-state index contributed by atoms with van der Waals surface area (Å²) in [5.74, 6) is 0.459. The molecule has 128 valence electrons. The molecule has 1 aliphatic rings. The number of carbonyl (C=O) groups is 1. The summed E-state index contributed by atoms with van der Waals surface area (Å²) in [5, 5.41) is 3.01. The van der Waals surface area contributed by atoms with Gasteiger partial charge in [0.2, 0.25) is 0 Å². The van der Waals surface area contributed by atoms with Gasteiger partial charge in [-0.2, -0.15) is 0 Å². The summed E-state index contributed by atoms with van der Waals surface area (Å²) in [6.07, 6.45) is 6.44. The van der Waals surface area contributed by atoms with E-state index >= 15 is 0 Å². The van der Waals surface area contributed by atoms with E-state index in [0.29, 0.717) is 12.5 Å². The number of nitrogens with one attached hydrogen (secondary N) is 1. The van der Waals surface area contributed by atoms with E-state index in [4.69, 9.17) is 4.74 Å². The Bertz CT molecular complexity index is 657. The highest BCUT2D eigenvalue weighted by Gasteiger charge is 2.25. The fourth-order valence-electron chi connectivity index (χ4n) is 2.97. The van der Waals surface area contributed by atoms with Gasteiger partial charge in [0, 0.05) is 50.2 Å². The zero-order valence-electron chi connectivity index (χ0n) is 14.0. The first kappa shape index (κ1) is 16.5. The minimum Gasteiger partial charge on any atom is -0.381 e. The van der Waals surface area contributed by atoms with Crippen LogP contribution in [0.4, 0.5) is 4.79 Å². The van der Waals surface area contributed by atoms with Gasteiger partial charge in [-0.15, -0.1) is 0 Å². The molecule has 1 N–H and O–H groups in total. The number of aromatic nitrogens is 2. The molecule has 1 aromatic carbocycles. The Morgan fingerprint density at radius 2 is 2.38 bits per heavy atom. The van der Waals surface area contributed by atoms with Crippen LogP contribution in [0.25, 0.3) is 5.69 Å². The van der Waals surface area contributed by atoms with E-state index in [9.17, 15) is 4.79 Å². The molecule has 2 amide bonds. The molecule has 0 spiro atoms. The molecule has 1 aromatic heterocycles. The summed E-state index contributed by atoms with van der Waals surface area (Å²) in [4.78, 5) is 18.2. The Hall–Kier alpha value is -2.34. The van der Waals surface area contributed by atoms with E-state index in [0.717, 1.165) is 44.0 Å². The van der Waals surface area contributed by atoms with Crippen molar-refractivity contribution in [1.29, 1.82) is 0 Å². The molecule has 1 atom stereocenters. The molecule has 0 unspecified atom stereocenters. The molecule has 24 heavy (non-hydrogen) atoms. The molecule has 1 aliphatic heterocycles. The maximum atomic E-state index is 12.3. The second-order valence-corrected chi connectivity index (χ2v) is 6.06. The van der Waals surface area contributed by atoms with E-state index in [1.165, 1.54) is 0 Å². The largest absolute Gasteiger partial charge is 0.381 e. The van der Waals surface area contributed by atoms with Crippen LogP contribution in [0, 0.1) is 5.92 Å². The van der Waals surface area contributed by atoms with Gasteiger partial charge in [-0.25, -0.2) is 9.78 Å². The van der Waals surface area contributed by atoms with Crippen molar-refractivity contribution in [2.24, 2.45) is 5.92 Å². The van der Waals surface area contributed by atoms with Gasteiger partial charge in [-0.05, 0) is 31.0 Å². The maximum absolute atomic E-state index is 12.3. The first-order valence-corrected chi connectivity index (χ1v) is 8.44. The molecule has 6 heteroatoms. The summed E-state index contributed by atoms with van der Waals surface area (Å²) in [5.41, 5.74) is 2.11. The lowest BCUT2D eigenvalue weighted by atomic mass is 10.1. The summed E-state index contributed by atoms with van der Waals surface area (Å²) in [7, 11) is 0. The zero-order chi connectivity index (χ0) is 16.8. The number of hydrogen-bond donors (Lipinski definition) is 1. The van der Waals surface area contributed by atoms with Crippen LogP contribution in [0.1, 0.15) is 18.9 Å². The normalized spacial score (nSPS) is 17.2. The second-order valence-electron chi connectivity index (χ2n) is 6.06. The molecule has 1 fully saturated rings. The number of amides is 2. The highest BCUT2D eigenvalue weighted by atomic mass is 16.5. The molecule has 2 heterocycles. The molecule has 0 bridgehead atoms. The summed E-state index contributed by atoms with van der Waals surface area (Å²) < 4.78 is 7.41. The van der Waals surface area contributed by atoms with Gasteiger partial charge in [-0.1, -0.05) is 12.1 Å². The topological polar surface area (TPSA) is 59.4 Å². The third-order valence-corrected chi connectivity index (χ3v) is 4.29. The average molecular weight is 328 g/mol. The number of hydrogen-bond acceptors (Lipinski definition) is 3. The molecule has 0 saturated carbocycles.